The van der Waals surface area contributed by atoms with Crippen LogP contribution in [0, 0.1) is 11.6 Å². The van der Waals surface area contributed by atoms with Crippen LogP contribution in [0.4, 0.5) is 13.6 Å². The van der Waals surface area contributed by atoms with Gasteiger partial charge in [-0.2, -0.15) is 0 Å². The van der Waals surface area contributed by atoms with Crippen molar-refractivity contribution in [1.29, 1.82) is 0 Å². The van der Waals surface area contributed by atoms with Crippen LogP contribution in [0.25, 0.3) is 0 Å². The fourth-order valence-corrected chi connectivity index (χ4v) is 3.70. The number of amidine groups is 1. The molecule has 1 aromatic rings. The monoisotopic (exact) mass is 420 g/mol. The minimum atomic E-state index is -0.893. The number of carbonyl (C=O) groups is 1. The second-order valence-corrected chi connectivity index (χ2v) is 8.60. The zero-order valence-corrected chi connectivity index (χ0v) is 16.3. The molecule has 1 atom stereocenters. The highest BCUT2D eigenvalue weighted by molar-refractivity contribution is 9.10. The highest BCUT2D eigenvalue weighted by Crippen LogP contribution is 2.38. The predicted molar refractivity (Wildman–Crippen MR) is 95.3 cm³/mol. The molecule has 0 bridgehead atoms. The van der Waals surface area contributed by atoms with Gasteiger partial charge in [0.25, 0.3) is 0 Å². The molecule has 0 radical (unpaired) electrons. The first kappa shape index (κ1) is 19.2. The molecule has 0 saturated carbocycles. The van der Waals surface area contributed by atoms with Crippen molar-refractivity contribution in [3.63, 3.8) is 0 Å². The van der Waals surface area contributed by atoms with Gasteiger partial charge in [-0.1, -0.05) is 11.8 Å². The second kappa shape index (κ2) is 7.00. The number of halogens is 3. The summed E-state index contributed by atoms with van der Waals surface area (Å²) in [7, 11) is 0. The molecule has 0 aliphatic carbocycles. The van der Waals surface area contributed by atoms with Crippen LogP contribution in [0.5, 0.6) is 0 Å². The highest BCUT2D eigenvalue weighted by atomic mass is 79.9. The molecule has 132 valence electrons. The van der Waals surface area contributed by atoms with E-state index in [-0.39, 0.29) is 10.0 Å². The van der Waals surface area contributed by atoms with Crippen molar-refractivity contribution in [2.24, 2.45) is 4.99 Å². The molecular formula is C16H19BrF2N2O2S. The number of nitrogens with zero attached hydrogens (tertiary/aromatic N) is 1. The maximum absolute atomic E-state index is 14.2. The first-order chi connectivity index (χ1) is 11.0. The van der Waals surface area contributed by atoms with Gasteiger partial charge < -0.3 is 4.74 Å². The summed E-state index contributed by atoms with van der Waals surface area (Å²) in [6, 6.07) is 2.23. The van der Waals surface area contributed by atoms with Crippen molar-refractivity contribution >= 4 is 39.0 Å². The Morgan fingerprint density at radius 1 is 1.38 bits per heavy atom. The van der Waals surface area contributed by atoms with E-state index in [0.717, 1.165) is 6.07 Å². The third kappa shape index (κ3) is 4.69. The molecule has 1 aliphatic heterocycles. The van der Waals surface area contributed by atoms with Gasteiger partial charge in [0.15, 0.2) is 5.17 Å². The van der Waals surface area contributed by atoms with Crippen LogP contribution in [0.2, 0.25) is 0 Å². The lowest BCUT2D eigenvalue weighted by atomic mass is 9.89. The van der Waals surface area contributed by atoms with Crippen LogP contribution in [-0.2, 0) is 10.3 Å². The molecule has 8 heteroatoms. The fraction of sp³-hybridized carbons (Fsp3) is 0.500. The van der Waals surface area contributed by atoms with E-state index >= 15 is 0 Å². The van der Waals surface area contributed by atoms with Crippen LogP contribution in [0.1, 0.15) is 39.7 Å². The van der Waals surface area contributed by atoms with Gasteiger partial charge in [-0.15, -0.1) is 0 Å². The number of hydrogen-bond donors (Lipinski definition) is 1. The zero-order valence-electron chi connectivity index (χ0n) is 13.9. The van der Waals surface area contributed by atoms with Crippen LogP contribution >= 0.6 is 27.7 Å². The summed E-state index contributed by atoms with van der Waals surface area (Å²) in [4.78, 5) is 16.4. The van der Waals surface area contributed by atoms with E-state index in [1.54, 1.807) is 27.7 Å². The van der Waals surface area contributed by atoms with Gasteiger partial charge in [-0.05, 0) is 56.1 Å². The molecule has 0 spiro atoms. The number of ether oxygens (including phenoxy) is 1. The molecule has 0 fully saturated rings. The zero-order chi connectivity index (χ0) is 18.1. The summed E-state index contributed by atoms with van der Waals surface area (Å²) in [5, 5.41) is 2.95. The van der Waals surface area contributed by atoms with E-state index in [1.165, 1.54) is 17.8 Å². The Balaban J connectivity index is 2.27. The normalized spacial score (nSPS) is 21.2. The topological polar surface area (TPSA) is 50.7 Å². The highest BCUT2D eigenvalue weighted by Gasteiger charge is 2.34. The number of aliphatic imine (C=N–C) groups is 1. The number of benzene rings is 1. The maximum atomic E-state index is 14.2. The number of alkyl carbamates (subject to hydrolysis) is 1. The molecule has 1 N–H and O–H groups in total. The minimum absolute atomic E-state index is 0.176. The molecule has 1 amide bonds. The Kier molecular flexibility index (Phi) is 5.59. The first-order valence-electron chi connectivity index (χ1n) is 7.38. The van der Waals surface area contributed by atoms with Crippen molar-refractivity contribution < 1.29 is 18.3 Å². The van der Waals surface area contributed by atoms with Crippen molar-refractivity contribution in [1.82, 2.24) is 5.32 Å². The average molecular weight is 421 g/mol. The van der Waals surface area contributed by atoms with Crippen LogP contribution in [0.15, 0.2) is 21.6 Å². The molecule has 0 aromatic heterocycles. The van der Waals surface area contributed by atoms with Crippen LogP contribution in [-0.4, -0.2) is 22.6 Å². The molecule has 24 heavy (non-hydrogen) atoms. The van der Waals surface area contributed by atoms with Crippen molar-refractivity contribution in [2.45, 2.75) is 45.3 Å². The van der Waals surface area contributed by atoms with E-state index in [4.69, 9.17) is 4.74 Å². The van der Waals surface area contributed by atoms with Gasteiger partial charge >= 0.3 is 6.09 Å². The first-order valence-corrected chi connectivity index (χ1v) is 9.16. The minimum Gasteiger partial charge on any atom is -0.444 e. The number of rotatable bonds is 1. The smallest absolute Gasteiger partial charge is 0.413 e. The van der Waals surface area contributed by atoms with Gasteiger partial charge in [-0.25, -0.2) is 13.6 Å². The molecule has 4 nitrogen and oxygen atoms in total. The van der Waals surface area contributed by atoms with Crippen molar-refractivity contribution in [3.8, 4) is 0 Å². The number of carbonyl (C=O) groups excluding carboxylic acids is 1. The lowest BCUT2D eigenvalue weighted by Crippen LogP contribution is -2.38. The molecule has 1 unspecified atom stereocenters. The van der Waals surface area contributed by atoms with Gasteiger partial charge in [0, 0.05) is 17.4 Å². The summed E-state index contributed by atoms with van der Waals surface area (Å²) >= 11 is 4.43. The molecule has 1 heterocycles. The van der Waals surface area contributed by atoms with E-state index < -0.39 is 28.9 Å². The van der Waals surface area contributed by atoms with Gasteiger partial charge in [0.2, 0.25) is 0 Å². The number of nitrogens with one attached hydrogen (secondary N) is 1. The predicted octanol–water partition coefficient (Wildman–Crippen LogP) is 4.96. The average Bonchev–Trinajstić information content (AvgIpc) is 2.40. The summed E-state index contributed by atoms with van der Waals surface area (Å²) < 4.78 is 33.1. The van der Waals surface area contributed by atoms with Crippen molar-refractivity contribution in [3.05, 3.63) is 33.8 Å². The Bertz CT molecular complexity index is 691. The fourth-order valence-electron chi connectivity index (χ4n) is 2.24. The van der Waals surface area contributed by atoms with Crippen LogP contribution < -0.4 is 5.32 Å². The third-order valence-corrected chi connectivity index (χ3v) is 4.86. The summed E-state index contributed by atoms with van der Waals surface area (Å²) in [6.07, 6.45) is -0.0506. The Labute approximate surface area is 152 Å². The molecule has 2 rings (SSSR count). The Morgan fingerprint density at radius 2 is 2.04 bits per heavy atom. The largest absolute Gasteiger partial charge is 0.444 e. The summed E-state index contributed by atoms with van der Waals surface area (Å²) in [5.41, 5.74) is -1.24. The Morgan fingerprint density at radius 3 is 2.67 bits per heavy atom. The lowest BCUT2D eigenvalue weighted by molar-refractivity contribution is 0.0564. The quantitative estimate of drug-likeness (QED) is 0.653. The lowest BCUT2D eigenvalue weighted by Gasteiger charge is -2.31. The molecular weight excluding hydrogens is 402 g/mol. The summed E-state index contributed by atoms with van der Waals surface area (Å²) in [5.74, 6) is -0.689. The molecule has 1 aromatic carbocycles. The Hall–Kier alpha value is -1.15. The van der Waals surface area contributed by atoms with E-state index in [9.17, 15) is 13.6 Å². The second-order valence-electron chi connectivity index (χ2n) is 6.66. The number of amides is 1. The van der Waals surface area contributed by atoms with E-state index in [1.807, 2.05) is 0 Å². The van der Waals surface area contributed by atoms with E-state index in [2.05, 4.69) is 26.2 Å². The molecule has 0 saturated heterocycles. The number of hydrogen-bond acceptors (Lipinski definition) is 4. The third-order valence-electron chi connectivity index (χ3n) is 3.37. The van der Waals surface area contributed by atoms with Crippen LogP contribution in [0.3, 0.4) is 0 Å². The standard InChI is InChI=1S/C16H19BrF2N2O2S/c1-15(2,3)23-14(22)20-13-21-16(4,5-6-24-13)9-7-10(17)12(19)8-11(9)18/h7-8H,5-6H2,1-4H3,(H,20,21,22). The molecule has 1 aliphatic rings. The van der Waals surface area contributed by atoms with Crippen molar-refractivity contribution in [2.75, 3.05) is 5.75 Å². The van der Waals surface area contributed by atoms with Gasteiger partial charge in [0.1, 0.15) is 17.2 Å². The van der Waals surface area contributed by atoms with E-state index in [0.29, 0.717) is 17.3 Å². The maximum Gasteiger partial charge on any atom is 0.413 e. The number of thioether (sulfide) groups is 1. The van der Waals surface area contributed by atoms with Gasteiger partial charge in [0.05, 0.1) is 10.0 Å². The summed E-state index contributed by atoms with van der Waals surface area (Å²) in [6.45, 7) is 7.04. The van der Waals surface area contributed by atoms with Gasteiger partial charge in [-0.3, -0.25) is 10.3 Å². The SMILES string of the molecule is CC(C)(C)OC(=O)NC1=NC(C)(c2cc(Br)c(F)cc2F)CCS1.